The van der Waals surface area contributed by atoms with Gasteiger partial charge in [0.25, 0.3) is 0 Å². The second-order valence-corrected chi connectivity index (χ2v) is 4.03. The minimum Gasteiger partial charge on any atom is -0.507 e. The summed E-state index contributed by atoms with van der Waals surface area (Å²) in [6.45, 7) is 10.0. The zero-order valence-electron chi connectivity index (χ0n) is 12.7. The molecule has 0 fully saturated rings. The molecule has 0 saturated carbocycles. The Kier molecular flexibility index (Phi) is 10.3. The van der Waals surface area contributed by atoms with Crippen LogP contribution in [-0.4, -0.2) is 17.9 Å². The van der Waals surface area contributed by atoms with E-state index in [9.17, 15) is 5.11 Å². The first-order chi connectivity index (χ1) is 6.91. The third kappa shape index (κ3) is 3.59. The van der Waals surface area contributed by atoms with Crippen molar-refractivity contribution in [2.75, 3.05) is 7.05 Å². The van der Waals surface area contributed by atoms with Crippen LogP contribution in [0.5, 0.6) is 5.75 Å². The summed E-state index contributed by atoms with van der Waals surface area (Å²) in [5.74, 6) is 0.374. The van der Waals surface area contributed by atoms with E-state index >= 15 is 0 Å². The zero-order chi connectivity index (χ0) is 11.7. The second kappa shape index (κ2) is 8.31. The first-order valence-corrected chi connectivity index (χ1v) is 5.14. The molecule has 0 unspecified atom stereocenters. The first-order valence-electron chi connectivity index (χ1n) is 5.14. The summed E-state index contributed by atoms with van der Waals surface area (Å²) in [5, 5.41) is 10.1. The van der Waals surface area contributed by atoms with Crippen molar-refractivity contribution in [1.29, 1.82) is 0 Å². The predicted octanol–water partition coefficient (Wildman–Crippen LogP) is 3.96. The molecular formula is C15H25NNiO. The molecule has 0 aromatic heterocycles. The van der Waals surface area contributed by atoms with E-state index in [0.717, 1.165) is 28.0 Å². The normalized spacial score (nSPS) is 10.0. The zero-order valence-corrected chi connectivity index (χ0v) is 13.7. The summed E-state index contributed by atoms with van der Waals surface area (Å²) >= 11 is 0. The molecule has 0 heterocycles. The van der Waals surface area contributed by atoms with Crippen molar-refractivity contribution in [3.63, 3.8) is 0 Å². The molecule has 0 saturated heterocycles. The van der Waals surface area contributed by atoms with Crippen LogP contribution in [0.2, 0.25) is 0 Å². The van der Waals surface area contributed by atoms with Crippen molar-refractivity contribution in [2.24, 2.45) is 4.99 Å². The van der Waals surface area contributed by atoms with E-state index in [2.05, 4.69) is 11.9 Å². The molecule has 2 nitrogen and oxygen atoms in total. The maximum atomic E-state index is 10.1. The van der Waals surface area contributed by atoms with Crippen molar-refractivity contribution < 1.29 is 21.6 Å². The average molecular weight is 294 g/mol. The molecule has 0 spiro atoms. The summed E-state index contributed by atoms with van der Waals surface area (Å²) in [5.41, 5.74) is 6.25. The number of phenols is 1. The Morgan fingerprint density at radius 3 is 1.67 bits per heavy atom. The fraction of sp³-hybridized carbons (Fsp3) is 0.400. The van der Waals surface area contributed by atoms with Crippen molar-refractivity contribution in [2.45, 2.75) is 34.6 Å². The molecule has 0 aliphatic carbocycles. The molecule has 106 valence electrons. The van der Waals surface area contributed by atoms with E-state index in [0.29, 0.717) is 5.75 Å². The number of rotatable bonds is 1. The molecule has 18 heavy (non-hydrogen) atoms. The van der Waals surface area contributed by atoms with Crippen LogP contribution < -0.4 is 0 Å². The summed E-state index contributed by atoms with van der Waals surface area (Å²) in [4.78, 5) is 4.15. The number of aliphatic imine (C=N–C) groups is 1. The number of benzene rings is 1. The minimum atomic E-state index is 0. The van der Waals surface area contributed by atoms with Gasteiger partial charge in [0.2, 0.25) is 0 Å². The van der Waals surface area contributed by atoms with Crippen molar-refractivity contribution in [1.82, 2.24) is 0 Å². The van der Waals surface area contributed by atoms with Crippen molar-refractivity contribution in [3.8, 4) is 5.75 Å². The summed E-state index contributed by atoms with van der Waals surface area (Å²) in [6.07, 6.45) is 0. The van der Waals surface area contributed by atoms with E-state index in [1.165, 1.54) is 5.56 Å². The van der Waals surface area contributed by atoms with Crippen LogP contribution in [0.15, 0.2) is 4.99 Å². The van der Waals surface area contributed by atoms with Crippen LogP contribution in [0.4, 0.5) is 0 Å². The topological polar surface area (TPSA) is 32.6 Å². The Balaban J connectivity index is -0.000000750. The smallest absolute Gasteiger partial charge is 0.507 e. The Labute approximate surface area is 122 Å². The van der Waals surface area contributed by atoms with Gasteiger partial charge < -0.3 is 20.0 Å². The maximum absolute atomic E-state index is 10.1. The summed E-state index contributed by atoms with van der Waals surface area (Å²) in [7, 11) is 1.75. The minimum absolute atomic E-state index is 0. The molecule has 0 aliphatic rings. The SMILES string of the molecule is CN=C(C)c1c(C)c(C)c(C)c(C)c1O.[CH3-].[CH3-].[Ni+2]. The van der Waals surface area contributed by atoms with Gasteiger partial charge in [-0.05, 0) is 56.9 Å². The van der Waals surface area contributed by atoms with Crippen LogP contribution in [0.3, 0.4) is 0 Å². The molecule has 1 N–H and O–H groups in total. The molecule has 0 atom stereocenters. The van der Waals surface area contributed by atoms with Gasteiger partial charge in [-0.25, -0.2) is 0 Å². The number of hydrogen-bond donors (Lipinski definition) is 1. The van der Waals surface area contributed by atoms with Crippen LogP contribution in [-0.2, 0) is 16.5 Å². The standard InChI is InChI=1S/C13H19NO.2CH3.Ni/c1-7-8(2)10(4)13(15)12(9(7)3)11(5)14-6;;;/h15H,1-6H3;2*1H3;/q;2*-1;+2. The Hall–Kier alpha value is -0.816. The number of hydrogen-bond acceptors (Lipinski definition) is 2. The molecule has 0 amide bonds. The maximum Gasteiger partial charge on any atom is 2.00 e. The molecule has 1 aromatic rings. The molecule has 3 heteroatoms. The van der Waals surface area contributed by atoms with Gasteiger partial charge in [0.05, 0.1) is 0 Å². The average Bonchev–Trinajstić information content (AvgIpc) is 2.23. The van der Waals surface area contributed by atoms with Gasteiger partial charge in [0.1, 0.15) is 5.75 Å². The van der Waals surface area contributed by atoms with Gasteiger partial charge in [-0.2, -0.15) is 0 Å². The third-order valence-electron chi connectivity index (χ3n) is 3.35. The predicted molar refractivity (Wildman–Crippen MR) is 78.0 cm³/mol. The van der Waals surface area contributed by atoms with E-state index in [1.54, 1.807) is 7.05 Å². The van der Waals surface area contributed by atoms with E-state index in [-0.39, 0.29) is 31.3 Å². The van der Waals surface area contributed by atoms with E-state index in [1.807, 2.05) is 27.7 Å². The van der Waals surface area contributed by atoms with E-state index < -0.39 is 0 Å². The van der Waals surface area contributed by atoms with Gasteiger partial charge in [0.15, 0.2) is 0 Å². The monoisotopic (exact) mass is 293 g/mol. The van der Waals surface area contributed by atoms with Gasteiger partial charge in [-0.15, -0.1) is 0 Å². The summed E-state index contributed by atoms with van der Waals surface area (Å²) < 4.78 is 0. The third-order valence-corrected chi connectivity index (χ3v) is 3.35. The van der Waals surface area contributed by atoms with Gasteiger partial charge in [0, 0.05) is 18.3 Å². The van der Waals surface area contributed by atoms with Gasteiger partial charge in [-0.3, -0.25) is 4.99 Å². The number of aromatic hydroxyl groups is 1. The molecular weight excluding hydrogens is 269 g/mol. The quantitative estimate of drug-likeness (QED) is 0.474. The second-order valence-electron chi connectivity index (χ2n) is 4.03. The molecule has 0 bridgehead atoms. The van der Waals surface area contributed by atoms with Crippen LogP contribution >= 0.6 is 0 Å². The van der Waals surface area contributed by atoms with Crippen LogP contribution in [0, 0.1) is 42.5 Å². The molecule has 0 aliphatic heterocycles. The van der Waals surface area contributed by atoms with Crippen molar-refractivity contribution >= 4 is 5.71 Å². The first kappa shape index (κ1) is 22.4. The molecule has 1 rings (SSSR count). The molecule has 1 aromatic carbocycles. The number of nitrogens with zero attached hydrogens (tertiary/aromatic N) is 1. The van der Waals surface area contributed by atoms with Gasteiger partial charge >= 0.3 is 16.5 Å². The summed E-state index contributed by atoms with van der Waals surface area (Å²) in [6, 6.07) is 0. The Bertz CT molecular complexity index is 408. The van der Waals surface area contributed by atoms with Crippen LogP contribution in [0.25, 0.3) is 0 Å². The Morgan fingerprint density at radius 2 is 1.28 bits per heavy atom. The van der Waals surface area contributed by atoms with Crippen LogP contribution in [0.1, 0.15) is 34.7 Å². The fourth-order valence-electron chi connectivity index (χ4n) is 1.85. The molecule has 0 radical (unpaired) electrons. The van der Waals surface area contributed by atoms with E-state index in [4.69, 9.17) is 0 Å². The largest absolute Gasteiger partial charge is 2.00 e. The number of phenolic OH excluding ortho intramolecular Hbond substituents is 1. The fourth-order valence-corrected chi connectivity index (χ4v) is 1.85. The van der Waals surface area contributed by atoms with Crippen molar-refractivity contribution in [3.05, 3.63) is 42.7 Å². The van der Waals surface area contributed by atoms with Gasteiger partial charge in [-0.1, -0.05) is 0 Å². The Morgan fingerprint density at radius 1 is 0.889 bits per heavy atom.